The molecule has 2 aromatic rings. The van der Waals surface area contributed by atoms with Crippen LogP contribution in [0.2, 0.25) is 0 Å². The maximum absolute atomic E-state index is 5.80. The molecule has 0 bridgehead atoms. The standard InChI is InChI=1S/C11H18N6/c1-4-11(3,6-12)16-9-5-8(2)15-10-13-7-14-17(9)10/h5,7,16H,4,6,12H2,1-3H3. The van der Waals surface area contributed by atoms with Crippen LogP contribution >= 0.6 is 0 Å². The lowest BCUT2D eigenvalue weighted by Gasteiger charge is -2.29. The van der Waals surface area contributed by atoms with Crippen molar-refractivity contribution in [3.05, 3.63) is 18.1 Å². The molecule has 2 rings (SSSR count). The number of nitrogens with zero attached hydrogens (tertiary/aromatic N) is 4. The van der Waals surface area contributed by atoms with Crippen LogP contribution in [0.1, 0.15) is 26.0 Å². The van der Waals surface area contributed by atoms with Gasteiger partial charge in [0.2, 0.25) is 0 Å². The molecule has 17 heavy (non-hydrogen) atoms. The molecule has 1 unspecified atom stereocenters. The smallest absolute Gasteiger partial charge is 0.254 e. The van der Waals surface area contributed by atoms with E-state index in [0.717, 1.165) is 17.9 Å². The van der Waals surface area contributed by atoms with Crippen LogP contribution in [0.15, 0.2) is 12.4 Å². The van der Waals surface area contributed by atoms with Crippen molar-refractivity contribution in [2.24, 2.45) is 5.73 Å². The van der Waals surface area contributed by atoms with Gasteiger partial charge in [-0.2, -0.15) is 14.6 Å². The van der Waals surface area contributed by atoms with Gasteiger partial charge >= 0.3 is 0 Å². The molecule has 6 nitrogen and oxygen atoms in total. The summed E-state index contributed by atoms with van der Waals surface area (Å²) in [4.78, 5) is 8.39. The molecule has 0 aliphatic rings. The quantitative estimate of drug-likeness (QED) is 0.824. The first-order valence-electron chi connectivity index (χ1n) is 5.73. The Hall–Kier alpha value is -1.69. The number of nitrogens with one attached hydrogen (secondary N) is 1. The summed E-state index contributed by atoms with van der Waals surface area (Å²) in [6.45, 7) is 6.69. The lowest BCUT2D eigenvalue weighted by molar-refractivity contribution is 0.502. The Bertz CT molecular complexity index is 514. The van der Waals surface area contributed by atoms with Crippen molar-refractivity contribution in [3.63, 3.8) is 0 Å². The van der Waals surface area contributed by atoms with Crippen LogP contribution in [0.25, 0.3) is 5.78 Å². The number of aromatic nitrogens is 4. The van der Waals surface area contributed by atoms with Crippen LogP contribution in [-0.2, 0) is 0 Å². The number of hydrogen-bond acceptors (Lipinski definition) is 5. The molecule has 1 atom stereocenters. The van der Waals surface area contributed by atoms with Gasteiger partial charge in [-0.3, -0.25) is 0 Å². The number of hydrogen-bond donors (Lipinski definition) is 2. The van der Waals surface area contributed by atoms with Crippen molar-refractivity contribution in [1.29, 1.82) is 0 Å². The maximum atomic E-state index is 5.80. The molecule has 2 aromatic heterocycles. The van der Waals surface area contributed by atoms with Gasteiger partial charge in [-0.05, 0) is 20.3 Å². The van der Waals surface area contributed by atoms with E-state index in [0.29, 0.717) is 12.3 Å². The normalized spacial score (nSPS) is 14.8. The molecule has 0 aromatic carbocycles. The van der Waals surface area contributed by atoms with Gasteiger partial charge < -0.3 is 11.1 Å². The van der Waals surface area contributed by atoms with Gasteiger partial charge in [0.05, 0.1) is 0 Å². The molecule has 6 heteroatoms. The third-order valence-corrected chi connectivity index (χ3v) is 3.04. The number of nitrogens with two attached hydrogens (primary N) is 1. The van der Waals surface area contributed by atoms with Crippen LogP contribution in [0.5, 0.6) is 0 Å². The Morgan fingerprint density at radius 3 is 2.94 bits per heavy atom. The van der Waals surface area contributed by atoms with Crippen molar-refractivity contribution in [2.75, 3.05) is 11.9 Å². The second-order valence-electron chi connectivity index (χ2n) is 4.50. The van der Waals surface area contributed by atoms with Crippen molar-refractivity contribution in [1.82, 2.24) is 19.6 Å². The number of aryl methyl sites for hydroxylation is 1. The third-order valence-electron chi connectivity index (χ3n) is 3.04. The Morgan fingerprint density at radius 2 is 2.29 bits per heavy atom. The summed E-state index contributed by atoms with van der Waals surface area (Å²) in [5.41, 5.74) is 6.56. The van der Waals surface area contributed by atoms with Gasteiger partial charge in [0.1, 0.15) is 12.1 Å². The minimum Gasteiger partial charge on any atom is -0.363 e. The van der Waals surface area contributed by atoms with Crippen molar-refractivity contribution in [2.45, 2.75) is 32.7 Å². The Balaban J connectivity index is 2.44. The molecule has 0 saturated heterocycles. The van der Waals surface area contributed by atoms with E-state index in [1.807, 2.05) is 13.0 Å². The first-order chi connectivity index (χ1) is 8.08. The fraction of sp³-hybridized carbons (Fsp3) is 0.545. The second-order valence-corrected chi connectivity index (χ2v) is 4.50. The highest BCUT2D eigenvalue weighted by Gasteiger charge is 2.21. The van der Waals surface area contributed by atoms with Gasteiger partial charge in [0.15, 0.2) is 0 Å². The van der Waals surface area contributed by atoms with Crippen LogP contribution in [0, 0.1) is 6.92 Å². The zero-order valence-corrected chi connectivity index (χ0v) is 10.4. The first kappa shape index (κ1) is 11.8. The van der Waals surface area contributed by atoms with Crippen molar-refractivity contribution in [3.8, 4) is 0 Å². The number of rotatable bonds is 4. The summed E-state index contributed by atoms with van der Waals surface area (Å²) in [7, 11) is 0. The van der Waals surface area contributed by atoms with Crippen LogP contribution in [-0.4, -0.2) is 31.7 Å². The first-order valence-corrected chi connectivity index (χ1v) is 5.73. The number of anilines is 1. The van der Waals surface area contributed by atoms with E-state index in [2.05, 4.69) is 34.2 Å². The molecular formula is C11H18N6. The molecule has 0 aliphatic heterocycles. The van der Waals surface area contributed by atoms with Gasteiger partial charge in [-0.25, -0.2) is 4.98 Å². The van der Waals surface area contributed by atoms with E-state index < -0.39 is 0 Å². The van der Waals surface area contributed by atoms with E-state index >= 15 is 0 Å². The Kier molecular flexibility index (Phi) is 2.97. The fourth-order valence-corrected chi connectivity index (χ4v) is 1.61. The SMILES string of the molecule is CCC(C)(CN)Nc1cc(C)nc2ncnn12. The highest BCUT2D eigenvalue weighted by atomic mass is 15.4. The summed E-state index contributed by atoms with van der Waals surface area (Å²) in [5, 5.41) is 7.57. The third kappa shape index (κ3) is 2.21. The molecule has 0 fully saturated rings. The fourth-order valence-electron chi connectivity index (χ4n) is 1.61. The Morgan fingerprint density at radius 1 is 1.53 bits per heavy atom. The van der Waals surface area contributed by atoms with Crippen LogP contribution in [0.3, 0.4) is 0 Å². The largest absolute Gasteiger partial charge is 0.363 e. The van der Waals surface area contributed by atoms with Crippen molar-refractivity contribution < 1.29 is 0 Å². The zero-order chi connectivity index (χ0) is 12.5. The molecule has 0 amide bonds. The summed E-state index contributed by atoms with van der Waals surface area (Å²) in [5.74, 6) is 1.47. The van der Waals surface area contributed by atoms with E-state index in [4.69, 9.17) is 5.73 Å². The molecule has 0 saturated carbocycles. The predicted molar refractivity (Wildman–Crippen MR) is 66.9 cm³/mol. The number of fused-ring (bicyclic) bond motifs is 1. The molecule has 92 valence electrons. The average molecular weight is 234 g/mol. The minimum absolute atomic E-state index is 0.146. The van der Waals surface area contributed by atoms with Gasteiger partial charge in [0.25, 0.3) is 5.78 Å². The Labute approximate surface area is 100 Å². The van der Waals surface area contributed by atoms with Crippen LogP contribution < -0.4 is 11.1 Å². The summed E-state index contributed by atoms with van der Waals surface area (Å²) >= 11 is 0. The topological polar surface area (TPSA) is 81.1 Å². The zero-order valence-electron chi connectivity index (χ0n) is 10.4. The summed E-state index contributed by atoms with van der Waals surface area (Å²) < 4.78 is 1.69. The van der Waals surface area contributed by atoms with E-state index in [-0.39, 0.29) is 5.54 Å². The van der Waals surface area contributed by atoms with E-state index in [1.165, 1.54) is 6.33 Å². The van der Waals surface area contributed by atoms with Gasteiger partial charge in [0, 0.05) is 23.8 Å². The molecule has 0 radical (unpaired) electrons. The van der Waals surface area contributed by atoms with Crippen LogP contribution in [0.4, 0.5) is 5.82 Å². The van der Waals surface area contributed by atoms with E-state index in [1.54, 1.807) is 4.52 Å². The highest BCUT2D eigenvalue weighted by Crippen LogP contribution is 2.18. The predicted octanol–water partition coefficient (Wildman–Crippen LogP) is 0.972. The van der Waals surface area contributed by atoms with Gasteiger partial charge in [-0.15, -0.1) is 0 Å². The molecule has 3 N–H and O–H groups in total. The summed E-state index contributed by atoms with van der Waals surface area (Å²) in [6.07, 6.45) is 2.43. The molecular weight excluding hydrogens is 216 g/mol. The summed E-state index contributed by atoms with van der Waals surface area (Å²) in [6, 6.07) is 1.95. The highest BCUT2D eigenvalue weighted by molar-refractivity contribution is 5.46. The van der Waals surface area contributed by atoms with Crippen molar-refractivity contribution >= 4 is 11.6 Å². The lowest BCUT2D eigenvalue weighted by Crippen LogP contribution is -2.42. The monoisotopic (exact) mass is 234 g/mol. The lowest BCUT2D eigenvalue weighted by atomic mass is 9.99. The minimum atomic E-state index is -0.146. The van der Waals surface area contributed by atoms with E-state index in [9.17, 15) is 0 Å². The molecule has 0 aliphatic carbocycles. The van der Waals surface area contributed by atoms with Gasteiger partial charge in [-0.1, -0.05) is 6.92 Å². The average Bonchev–Trinajstić information content (AvgIpc) is 2.77. The molecule has 2 heterocycles. The second kappa shape index (κ2) is 4.29. The molecule has 0 spiro atoms. The maximum Gasteiger partial charge on any atom is 0.254 e.